The minimum atomic E-state index is -0.675. The molecule has 0 saturated carbocycles. The Hall–Kier alpha value is -2.60. The monoisotopic (exact) mass is 481 g/mol. The lowest BCUT2D eigenvalue weighted by molar-refractivity contribution is -0.137. The largest absolute Gasteiger partial charge is 0.493 e. The fraction of sp³-hybridized carbons (Fsp3) is 0.200. The van der Waals surface area contributed by atoms with Crippen molar-refractivity contribution in [1.82, 2.24) is 0 Å². The van der Waals surface area contributed by atoms with Crippen LogP contribution >= 0.6 is 22.6 Å². The molecule has 0 N–H and O–H groups in total. The number of nitriles is 1. The first-order valence-electron chi connectivity index (χ1n) is 8.02. The Morgan fingerprint density at radius 2 is 2.00 bits per heavy atom. The van der Waals surface area contributed by atoms with Crippen molar-refractivity contribution >= 4 is 34.6 Å². The zero-order valence-electron chi connectivity index (χ0n) is 14.8. The van der Waals surface area contributed by atoms with Crippen LogP contribution < -0.4 is 9.47 Å². The van der Waals surface area contributed by atoms with Crippen LogP contribution in [-0.4, -0.2) is 19.7 Å². The molecule has 0 saturated heterocycles. The molecule has 0 radical (unpaired) electrons. The lowest BCUT2D eigenvalue weighted by Crippen LogP contribution is -2.06. The molecule has 2 aromatic carbocycles. The molecule has 0 unspecified atom stereocenters. The summed E-state index contributed by atoms with van der Waals surface area (Å²) in [5.41, 5.74) is 1.32. The summed E-state index contributed by atoms with van der Waals surface area (Å²) in [5, 5.41) is 9.16. The second kappa shape index (κ2) is 9.92. The van der Waals surface area contributed by atoms with Gasteiger partial charge in [-0.15, -0.1) is 0 Å². The predicted octanol–water partition coefficient (Wildman–Crippen LogP) is 4.49. The van der Waals surface area contributed by atoms with Gasteiger partial charge in [0.2, 0.25) is 0 Å². The van der Waals surface area contributed by atoms with E-state index in [1.165, 1.54) is 25.3 Å². The van der Waals surface area contributed by atoms with Crippen molar-refractivity contribution in [2.75, 3.05) is 13.7 Å². The van der Waals surface area contributed by atoms with Gasteiger partial charge in [0.05, 0.1) is 17.3 Å². The Kier molecular flexibility index (Phi) is 7.61. The molecule has 2 rings (SSSR count). The zero-order valence-corrected chi connectivity index (χ0v) is 16.9. The summed E-state index contributed by atoms with van der Waals surface area (Å²) in [4.78, 5) is 11.8. The van der Waals surface area contributed by atoms with E-state index >= 15 is 0 Å². The first kappa shape index (κ1) is 20.7. The number of hydrogen-bond donors (Lipinski definition) is 0. The van der Waals surface area contributed by atoms with Gasteiger partial charge in [0.25, 0.3) is 0 Å². The summed E-state index contributed by atoms with van der Waals surface area (Å²) >= 11 is 2.08. The molecule has 140 valence electrons. The molecule has 2 aromatic rings. The smallest absolute Gasteiger partial charge is 0.348 e. The van der Waals surface area contributed by atoms with E-state index in [2.05, 4.69) is 22.6 Å². The van der Waals surface area contributed by atoms with E-state index in [0.717, 1.165) is 9.13 Å². The Morgan fingerprint density at radius 1 is 1.30 bits per heavy atom. The minimum Gasteiger partial charge on any atom is -0.493 e. The highest BCUT2D eigenvalue weighted by Gasteiger charge is 2.14. The van der Waals surface area contributed by atoms with E-state index < -0.39 is 5.97 Å². The summed E-state index contributed by atoms with van der Waals surface area (Å²) in [7, 11) is 1.50. The Bertz CT molecular complexity index is 888. The summed E-state index contributed by atoms with van der Waals surface area (Å²) < 4.78 is 29.8. The van der Waals surface area contributed by atoms with Gasteiger partial charge in [-0.05, 0) is 71.0 Å². The van der Waals surface area contributed by atoms with E-state index in [1.807, 2.05) is 6.07 Å². The van der Waals surface area contributed by atoms with Gasteiger partial charge < -0.3 is 14.2 Å². The van der Waals surface area contributed by atoms with Crippen LogP contribution in [0.4, 0.5) is 4.39 Å². The molecule has 0 aliphatic heterocycles. The van der Waals surface area contributed by atoms with Crippen LogP contribution in [0.25, 0.3) is 6.08 Å². The van der Waals surface area contributed by atoms with E-state index in [0.29, 0.717) is 17.1 Å². The number of methoxy groups -OCH3 is 1. The number of hydrogen-bond acceptors (Lipinski definition) is 5. The maximum Gasteiger partial charge on any atom is 0.348 e. The topological polar surface area (TPSA) is 68.6 Å². The van der Waals surface area contributed by atoms with Gasteiger partial charge in [0.1, 0.15) is 24.1 Å². The first-order valence-corrected chi connectivity index (χ1v) is 9.10. The molecule has 0 fully saturated rings. The molecule has 0 heterocycles. The molecule has 0 aliphatic rings. The molecular formula is C20H17FINO4. The van der Waals surface area contributed by atoms with Crippen molar-refractivity contribution in [2.45, 2.75) is 13.5 Å². The van der Waals surface area contributed by atoms with E-state index in [1.54, 1.807) is 31.2 Å². The van der Waals surface area contributed by atoms with E-state index in [4.69, 9.17) is 19.5 Å². The van der Waals surface area contributed by atoms with Gasteiger partial charge >= 0.3 is 5.97 Å². The first-order chi connectivity index (χ1) is 13.0. The third-order valence-corrected chi connectivity index (χ3v) is 4.28. The number of benzene rings is 2. The molecule has 7 heteroatoms. The molecule has 0 amide bonds. The van der Waals surface area contributed by atoms with Crippen molar-refractivity contribution in [3.8, 4) is 17.6 Å². The maximum absolute atomic E-state index is 13.0. The van der Waals surface area contributed by atoms with Crippen molar-refractivity contribution in [2.24, 2.45) is 0 Å². The molecule has 5 nitrogen and oxygen atoms in total. The second-order valence-electron chi connectivity index (χ2n) is 5.34. The minimum absolute atomic E-state index is 0.102. The van der Waals surface area contributed by atoms with Gasteiger partial charge in [-0.1, -0.05) is 12.1 Å². The Labute approximate surface area is 170 Å². The SMILES string of the molecule is CCOC(=O)/C(C#N)=C/c1cc(I)c(OCc2ccc(F)cc2)c(OC)c1. The normalized spacial score (nSPS) is 10.9. The maximum atomic E-state index is 13.0. The lowest BCUT2D eigenvalue weighted by atomic mass is 10.1. The lowest BCUT2D eigenvalue weighted by Gasteiger charge is -2.14. The van der Waals surface area contributed by atoms with E-state index in [9.17, 15) is 9.18 Å². The van der Waals surface area contributed by atoms with Crippen molar-refractivity contribution in [1.29, 1.82) is 5.26 Å². The van der Waals surface area contributed by atoms with Crippen LogP contribution in [0.2, 0.25) is 0 Å². The number of carbonyl (C=O) groups is 1. The van der Waals surface area contributed by atoms with Gasteiger partial charge in [0, 0.05) is 0 Å². The zero-order chi connectivity index (χ0) is 19.8. The summed E-state index contributed by atoms with van der Waals surface area (Å²) in [6, 6.07) is 11.3. The van der Waals surface area contributed by atoms with E-state index in [-0.39, 0.29) is 24.6 Å². The number of carbonyl (C=O) groups excluding carboxylic acids is 1. The van der Waals surface area contributed by atoms with Crippen molar-refractivity contribution < 1.29 is 23.4 Å². The molecule has 0 bridgehead atoms. The number of ether oxygens (including phenoxy) is 3. The number of esters is 1. The molecular weight excluding hydrogens is 464 g/mol. The Balaban J connectivity index is 2.27. The van der Waals surface area contributed by atoms with Crippen LogP contribution in [0.5, 0.6) is 11.5 Å². The predicted molar refractivity (Wildman–Crippen MR) is 107 cm³/mol. The van der Waals surface area contributed by atoms with Gasteiger partial charge in [-0.2, -0.15) is 5.26 Å². The summed E-state index contributed by atoms with van der Waals surface area (Å²) in [5.74, 6) is -0.00631. The summed E-state index contributed by atoms with van der Waals surface area (Å²) in [6.07, 6.45) is 1.44. The third-order valence-electron chi connectivity index (χ3n) is 3.48. The quantitative estimate of drug-likeness (QED) is 0.253. The van der Waals surface area contributed by atoms with Crippen LogP contribution in [0, 0.1) is 20.7 Å². The van der Waals surface area contributed by atoms with Crippen LogP contribution in [0.1, 0.15) is 18.1 Å². The van der Waals surface area contributed by atoms with Gasteiger partial charge in [-0.3, -0.25) is 0 Å². The average molecular weight is 481 g/mol. The Morgan fingerprint density at radius 3 is 2.59 bits per heavy atom. The molecule has 27 heavy (non-hydrogen) atoms. The highest BCUT2D eigenvalue weighted by Crippen LogP contribution is 2.35. The molecule has 0 atom stereocenters. The number of rotatable bonds is 7. The molecule has 0 spiro atoms. The molecule has 0 aromatic heterocycles. The molecule has 0 aliphatic carbocycles. The van der Waals surface area contributed by atoms with Crippen molar-refractivity contribution in [3.63, 3.8) is 0 Å². The van der Waals surface area contributed by atoms with Gasteiger partial charge in [0.15, 0.2) is 11.5 Å². The van der Waals surface area contributed by atoms with Gasteiger partial charge in [-0.25, -0.2) is 9.18 Å². The fourth-order valence-electron chi connectivity index (χ4n) is 2.21. The highest BCUT2D eigenvalue weighted by atomic mass is 127. The fourth-order valence-corrected chi connectivity index (χ4v) is 2.99. The number of halogens is 2. The third kappa shape index (κ3) is 5.69. The van der Waals surface area contributed by atoms with Crippen LogP contribution in [0.3, 0.4) is 0 Å². The standard InChI is InChI=1S/C20H17FINO4/c1-3-26-20(24)15(11-23)8-14-9-17(22)19(18(10-14)25-2)27-12-13-4-6-16(21)7-5-13/h4-10H,3,12H2,1-2H3/b15-8+. The summed E-state index contributed by atoms with van der Waals surface area (Å²) in [6.45, 7) is 2.11. The second-order valence-corrected chi connectivity index (χ2v) is 6.50. The van der Waals surface area contributed by atoms with Crippen molar-refractivity contribution in [3.05, 3.63) is 62.5 Å². The average Bonchev–Trinajstić information content (AvgIpc) is 2.66. The number of nitrogens with zero attached hydrogens (tertiary/aromatic N) is 1. The van der Waals surface area contributed by atoms with Crippen LogP contribution in [0.15, 0.2) is 42.0 Å². The highest BCUT2D eigenvalue weighted by molar-refractivity contribution is 14.1. The van der Waals surface area contributed by atoms with Crippen LogP contribution in [-0.2, 0) is 16.1 Å².